The van der Waals surface area contributed by atoms with Crippen molar-refractivity contribution in [2.24, 2.45) is 5.92 Å². The molecule has 1 aromatic rings. The van der Waals surface area contributed by atoms with Gasteiger partial charge in [0, 0.05) is 10.5 Å². The fourth-order valence-electron chi connectivity index (χ4n) is 3.56. The maximum Gasteiger partial charge on any atom is 0.262 e. The summed E-state index contributed by atoms with van der Waals surface area (Å²) >= 11 is 3.42. The van der Waals surface area contributed by atoms with E-state index in [9.17, 15) is 9.59 Å². The maximum absolute atomic E-state index is 12.6. The van der Waals surface area contributed by atoms with Gasteiger partial charge in [-0.3, -0.25) is 9.59 Å². The summed E-state index contributed by atoms with van der Waals surface area (Å²) in [7, 11) is 0. The fourth-order valence-corrected chi connectivity index (χ4v) is 4.08. The number of benzene rings is 1. The van der Waals surface area contributed by atoms with Crippen LogP contribution in [-0.2, 0) is 4.79 Å². The summed E-state index contributed by atoms with van der Waals surface area (Å²) in [6.07, 6.45) is 7.54. The number of fused-ring (bicyclic) bond motifs is 1. The second-order valence-electron chi connectivity index (χ2n) is 6.78. The summed E-state index contributed by atoms with van der Waals surface area (Å²) in [5.74, 6) is 0.948. The van der Waals surface area contributed by atoms with Gasteiger partial charge in [0.25, 0.3) is 11.8 Å². The van der Waals surface area contributed by atoms with Crippen molar-refractivity contribution in [3.8, 4) is 5.75 Å². The lowest BCUT2D eigenvalue weighted by molar-refractivity contribution is -0.118. The van der Waals surface area contributed by atoms with Crippen molar-refractivity contribution in [3.63, 3.8) is 0 Å². The third-order valence-corrected chi connectivity index (χ3v) is 5.39. The van der Waals surface area contributed by atoms with Gasteiger partial charge in [-0.25, -0.2) is 0 Å². The first kappa shape index (κ1) is 17.3. The van der Waals surface area contributed by atoms with Crippen LogP contribution in [0, 0.1) is 5.92 Å². The SMILES string of the molecule is C[C@H](CC1CCCCC1)NC(=O)c1cc2c(cc1Br)NC(=O)CO2. The molecule has 1 heterocycles. The van der Waals surface area contributed by atoms with E-state index in [0.29, 0.717) is 21.5 Å². The van der Waals surface area contributed by atoms with E-state index in [4.69, 9.17) is 4.74 Å². The number of hydrogen-bond donors (Lipinski definition) is 2. The molecule has 1 saturated carbocycles. The predicted octanol–water partition coefficient (Wildman–Crippen LogP) is 3.87. The first-order chi connectivity index (χ1) is 11.5. The van der Waals surface area contributed by atoms with Crippen LogP contribution in [0.2, 0.25) is 0 Å². The van der Waals surface area contributed by atoms with Crippen LogP contribution in [0.5, 0.6) is 5.75 Å². The van der Waals surface area contributed by atoms with Crippen molar-refractivity contribution in [3.05, 3.63) is 22.2 Å². The molecule has 0 spiro atoms. The van der Waals surface area contributed by atoms with Crippen molar-refractivity contribution < 1.29 is 14.3 Å². The molecule has 1 aliphatic heterocycles. The number of carbonyl (C=O) groups excluding carboxylic acids is 2. The molecule has 2 aliphatic rings. The Balaban J connectivity index is 1.65. The molecule has 24 heavy (non-hydrogen) atoms. The molecule has 3 rings (SSSR count). The summed E-state index contributed by atoms with van der Waals surface area (Å²) < 4.78 is 6.04. The Hall–Kier alpha value is -1.56. The van der Waals surface area contributed by atoms with Crippen molar-refractivity contribution >= 4 is 33.4 Å². The molecule has 5 nitrogen and oxygen atoms in total. The summed E-state index contributed by atoms with van der Waals surface area (Å²) in [6, 6.07) is 3.54. The van der Waals surface area contributed by atoms with E-state index >= 15 is 0 Å². The first-order valence-corrected chi connectivity index (χ1v) is 9.39. The molecule has 1 atom stereocenters. The third-order valence-electron chi connectivity index (χ3n) is 4.74. The first-order valence-electron chi connectivity index (χ1n) is 8.60. The zero-order valence-corrected chi connectivity index (χ0v) is 15.4. The van der Waals surface area contributed by atoms with Gasteiger partial charge in [-0.15, -0.1) is 0 Å². The normalized spacial score (nSPS) is 19.0. The number of nitrogens with one attached hydrogen (secondary N) is 2. The lowest BCUT2D eigenvalue weighted by Crippen LogP contribution is -2.35. The fraction of sp³-hybridized carbons (Fsp3) is 0.556. The van der Waals surface area contributed by atoms with Gasteiger partial charge in [-0.2, -0.15) is 0 Å². The lowest BCUT2D eigenvalue weighted by atomic mass is 9.85. The Morgan fingerprint density at radius 2 is 2.12 bits per heavy atom. The molecule has 2 N–H and O–H groups in total. The van der Waals surface area contributed by atoms with Crippen LogP contribution in [0.3, 0.4) is 0 Å². The summed E-state index contributed by atoms with van der Waals surface area (Å²) in [4.78, 5) is 23.9. The minimum Gasteiger partial charge on any atom is -0.482 e. The van der Waals surface area contributed by atoms with Gasteiger partial charge in [0.05, 0.1) is 11.3 Å². The van der Waals surface area contributed by atoms with Gasteiger partial charge < -0.3 is 15.4 Å². The number of hydrogen-bond acceptors (Lipinski definition) is 3. The molecular formula is C18H23BrN2O3. The molecule has 130 valence electrons. The molecule has 1 aliphatic carbocycles. The Kier molecular flexibility index (Phi) is 5.43. The zero-order valence-electron chi connectivity index (χ0n) is 13.9. The van der Waals surface area contributed by atoms with E-state index in [0.717, 1.165) is 12.3 Å². The van der Waals surface area contributed by atoms with E-state index in [1.54, 1.807) is 12.1 Å². The van der Waals surface area contributed by atoms with Crippen LogP contribution < -0.4 is 15.4 Å². The zero-order chi connectivity index (χ0) is 17.1. The number of carbonyl (C=O) groups is 2. The molecule has 0 unspecified atom stereocenters. The number of anilines is 1. The second-order valence-corrected chi connectivity index (χ2v) is 7.63. The van der Waals surface area contributed by atoms with Gasteiger partial charge in [0.1, 0.15) is 5.75 Å². The van der Waals surface area contributed by atoms with Crippen LogP contribution in [0.1, 0.15) is 55.8 Å². The van der Waals surface area contributed by atoms with Crippen molar-refractivity contribution in [1.82, 2.24) is 5.32 Å². The Bertz CT molecular complexity index is 641. The second kappa shape index (κ2) is 7.55. The third kappa shape index (κ3) is 4.09. The predicted molar refractivity (Wildman–Crippen MR) is 96.4 cm³/mol. The highest BCUT2D eigenvalue weighted by molar-refractivity contribution is 9.10. The summed E-state index contributed by atoms with van der Waals surface area (Å²) in [5.41, 5.74) is 1.12. The van der Waals surface area contributed by atoms with Crippen LogP contribution in [0.25, 0.3) is 0 Å². The molecular weight excluding hydrogens is 372 g/mol. The Labute approximate surface area is 150 Å². The van der Waals surface area contributed by atoms with Crippen molar-refractivity contribution in [2.45, 2.75) is 51.5 Å². The number of amides is 2. The van der Waals surface area contributed by atoms with Gasteiger partial charge in [-0.05, 0) is 47.3 Å². The van der Waals surface area contributed by atoms with Gasteiger partial charge in [-0.1, -0.05) is 32.1 Å². The van der Waals surface area contributed by atoms with Gasteiger partial charge >= 0.3 is 0 Å². The minimum absolute atomic E-state index is 0.0201. The van der Waals surface area contributed by atoms with Crippen LogP contribution in [-0.4, -0.2) is 24.5 Å². The molecule has 0 saturated heterocycles. The molecule has 2 amide bonds. The highest BCUT2D eigenvalue weighted by Gasteiger charge is 2.22. The average Bonchev–Trinajstić information content (AvgIpc) is 2.54. The molecule has 6 heteroatoms. The van der Waals surface area contributed by atoms with E-state index < -0.39 is 0 Å². The number of halogens is 1. The van der Waals surface area contributed by atoms with Crippen LogP contribution in [0.4, 0.5) is 5.69 Å². The van der Waals surface area contributed by atoms with Gasteiger partial charge in [0.2, 0.25) is 0 Å². The molecule has 0 radical (unpaired) electrons. The Morgan fingerprint density at radius 3 is 2.88 bits per heavy atom. The monoisotopic (exact) mass is 394 g/mol. The molecule has 0 aromatic heterocycles. The topological polar surface area (TPSA) is 67.4 Å². The Morgan fingerprint density at radius 1 is 1.38 bits per heavy atom. The number of ether oxygens (including phenoxy) is 1. The van der Waals surface area contributed by atoms with E-state index in [2.05, 4.69) is 33.5 Å². The number of rotatable bonds is 4. The smallest absolute Gasteiger partial charge is 0.262 e. The lowest BCUT2D eigenvalue weighted by Gasteiger charge is -2.25. The van der Waals surface area contributed by atoms with Crippen LogP contribution in [0.15, 0.2) is 16.6 Å². The molecule has 1 fully saturated rings. The molecule has 0 bridgehead atoms. The van der Waals surface area contributed by atoms with Crippen molar-refractivity contribution in [1.29, 1.82) is 0 Å². The van der Waals surface area contributed by atoms with Crippen molar-refractivity contribution in [2.75, 3.05) is 11.9 Å². The highest BCUT2D eigenvalue weighted by atomic mass is 79.9. The quantitative estimate of drug-likeness (QED) is 0.814. The largest absolute Gasteiger partial charge is 0.482 e. The van der Waals surface area contributed by atoms with E-state index in [-0.39, 0.29) is 24.5 Å². The van der Waals surface area contributed by atoms with Crippen LogP contribution >= 0.6 is 15.9 Å². The highest BCUT2D eigenvalue weighted by Crippen LogP contribution is 2.34. The molecule has 1 aromatic carbocycles. The van der Waals surface area contributed by atoms with E-state index in [1.807, 2.05) is 0 Å². The van der Waals surface area contributed by atoms with Gasteiger partial charge in [0.15, 0.2) is 6.61 Å². The van der Waals surface area contributed by atoms with E-state index in [1.165, 1.54) is 32.1 Å². The summed E-state index contributed by atoms with van der Waals surface area (Å²) in [6.45, 7) is 2.04. The standard InChI is InChI=1S/C18H23BrN2O3/c1-11(7-12-5-3-2-4-6-12)20-18(23)13-8-16-15(9-14(13)19)21-17(22)10-24-16/h8-9,11-12H,2-7,10H2,1H3,(H,20,23)(H,21,22)/t11-/m1/s1. The summed E-state index contributed by atoms with van der Waals surface area (Å²) in [5, 5.41) is 5.82. The average molecular weight is 395 g/mol. The maximum atomic E-state index is 12.6. The minimum atomic E-state index is -0.187.